The topological polar surface area (TPSA) is 138 Å². The van der Waals surface area contributed by atoms with Crippen LogP contribution in [0.15, 0.2) is 21.9 Å². The van der Waals surface area contributed by atoms with E-state index in [0.29, 0.717) is 6.07 Å². The van der Waals surface area contributed by atoms with Crippen molar-refractivity contribution in [3.8, 4) is 5.75 Å². The lowest BCUT2D eigenvalue weighted by Crippen LogP contribution is -2.03. The van der Waals surface area contributed by atoms with Crippen LogP contribution in [0, 0.1) is 0 Å². The molecule has 0 aromatic heterocycles. The number of rotatable bonds is 2. The molecule has 1 aromatic rings. The molecule has 1 aromatic carbocycles. The minimum absolute atomic E-state index is 0.335. The van der Waals surface area contributed by atoms with Crippen molar-refractivity contribution in [1.29, 1.82) is 0 Å². The first-order valence-corrected chi connectivity index (χ1v) is 5.99. The van der Waals surface area contributed by atoms with Crippen LogP contribution in [0.2, 0.25) is 0 Å². The van der Waals surface area contributed by atoms with Crippen molar-refractivity contribution >= 4 is 26.9 Å². The zero-order chi connectivity index (χ0) is 11.8. The van der Waals surface area contributed by atoms with Crippen LogP contribution < -0.4 is 5.73 Å². The maximum Gasteiger partial charge on any atom is 0.298 e. The molecule has 15 heavy (non-hydrogen) atoms. The van der Waals surface area contributed by atoms with Gasteiger partial charge in [0.05, 0.1) is 10.6 Å². The molecule has 0 aliphatic heterocycles. The fourth-order valence-corrected chi connectivity index (χ4v) is 2.06. The molecule has 0 saturated carbocycles. The van der Waals surface area contributed by atoms with Crippen molar-refractivity contribution in [1.82, 2.24) is 0 Å². The molecule has 7 nitrogen and oxygen atoms in total. The molecule has 5 N–H and O–H groups in total. The Morgan fingerprint density at radius 2 is 1.87 bits per heavy atom. The summed E-state index contributed by atoms with van der Waals surface area (Å²) in [5.74, 6) is -0.855. The van der Waals surface area contributed by atoms with Gasteiger partial charge in [-0.25, -0.2) is 4.21 Å². The second kappa shape index (κ2) is 3.77. The number of hydrogen-bond acceptors (Lipinski definition) is 5. The van der Waals surface area contributed by atoms with Gasteiger partial charge in [0, 0.05) is 0 Å². The summed E-state index contributed by atoms with van der Waals surface area (Å²) < 4.78 is 49.5. The highest BCUT2D eigenvalue weighted by molar-refractivity contribution is 7.86. The summed E-state index contributed by atoms with van der Waals surface area (Å²) in [4.78, 5) is -1.24. The highest BCUT2D eigenvalue weighted by Gasteiger charge is 2.20. The van der Waals surface area contributed by atoms with E-state index in [9.17, 15) is 17.7 Å². The van der Waals surface area contributed by atoms with E-state index in [0.717, 1.165) is 6.07 Å². The molecule has 1 rings (SSSR count). The predicted molar refractivity (Wildman–Crippen MR) is 51.4 cm³/mol. The monoisotopic (exact) mass is 253 g/mol. The lowest BCUT2D eigenvalue weighted by Gasteiger charge is -2.05. The van der Waals surface area contributed by atoms with Crippen LogP contribution in [-0.2, 0) is 21.2 Å². The zero-order valence-electron chi connectivity index (χ0n) is 7.11. The molecule has 0 amide bonds. The fraction of sp³-hybridized carbons (Fsp3) is 0. The molecule has 9 heteroatoms. The van der Waals surface area contributed by atoms with Crippen molar-refractivity contribution in [3.63, 3.8) is 0 Å². The molecular formula is C6H7NO6S2. The summed E-state index contributed by atoms with van der Waals surface area (Å²) in [7, 11) is -4.69. The normalized spacial score (nSPS) is 13.7. The molecule has 0 radical (unpaired) electrons. The highest BCUT2D eigenvalue weighted by Crippen LogP contribution is 2.31. The number of benzene rings is 1. The van der Waals surface area contributed by atoms with Crippen LogP contribution in [-0.4, -0.2) is 26.8 Å². The van der Waals surface area contributed by atoms with Crippen LogP contribution in [0.25, 0.3) is 0 Å². The smallest absolute Gasteiger partial charge is 0.298 e. The van der Waals surface area contributed by atoms with Crippen LogP contribution in [0.1, 0.15) is 0 Å². The first kappa shape index (κ1) is 11.9. The van der Waals surface area contributed by atoms with Crippen LogP contribution in [0.5, 0.6) is 5.75 Å². The number of aromatic hydroxyl groups is 1. The van der Waals surface area contributed by atoms with Gasteiger partial charge in [-0.2, -0.15) is 8.42 Å². The number of hydrogen-bond donors (Lipinski definition) is 4. The third-order valence-electron chi connectivity index (χ3n) is 1.56. The van der Waals surface area contributed by atoms with E-state index in [1.54, 1.807) is 0 Å². The number of nitrogen functional groups attached to an aromatic ring is 1. The van der Waals surface area contributed by atoms with Gasteiger partial charge in [-0.3, -0.25) is 4.55 Å². The molecule has 0 heterocycles. The van der Waals surface area contributed by atoms with E-state index in [4.69, 9.17) is 14.8 Å². The number of nitrogens with two attached hydrogens (primary N) is 1. The van der Waals surface area contributed by atoms with Gasteiger partial charge >= 0.3 is 0 Å². The fourth-order valence-electron chi connectivity index (χ4n) is 0.901. The van der Waals surface area contributed by atoms with Crippen molar-refractivity contribution in [2.24, 2.45) is 0 Å². The molecule has 0 aliphatic carbocycles. The Morgan fingerprint density at radius 3 is 2.27 bits per heavy atom. The first-order valence-electron chi connectivity index (χ1n) is 3.44. The largest absolute Gasteiger partial charge is 0.504 e. The number of phenols is 1. The lowest BCUT2D eigenvalue weighted by molar-refractivity contribution is 0.444. The molecule has 0 bridgehead atoms. The van der Waals surface area contributed by atoms with Gasteiger partial charge in [-0.15, -0.1) is 0 Å². The minimum atomic E-state index is -4.69. The average Bonchev–Trinajstić information content (AvgIpc) is 2.06. The van der Waals surface area contributed by atoms with Gasteiger partial charge in [0.1, 0.15) is 4.90 Å². The summed E-state index contributed by atoms with van der Waals surface area (Å²) in [5.41, 5.74) is 4.77. The van der Waals surface area contributed by atoms with Gasteiger partial charge in [0.15, 0.2) is 16.8 Å². The minimum Gasteiger partial charge on any atom is -0.504 e. The Balaban J connectivity index is 3.59. The Morgan fingerprint density at radius 1 is 1.33 bits per heavy atom. The maximum absolute atomic E-state index is 10.7. The second-order valence-electron chi connectivity index (χ2n) is 2.58. The van der Waals surface area contributed by atoms with Gasteiger partial charge < -0.3 is 15.4 Å². The molecular weight excluding hydrogens is 246 g/mol. The number of phenolic OH excluding ortho intramolecular Hbond substituents is 1. The Kier molecular flexibility index (Phi) is 3.00. The van der Waals surface area contributed by atoms with Crippen LogP contribution in [0.4, 0.5) is 5.69 Å². The highest BCUT2D eigenvalue weighted by atomic mass is 32.2. The molecule has 1 unspecified atom stereocenters. The van der Waals surface area contributed by atoms with E-state index in [-0.39, 0.29) is 4.90 Å². The average molecular weight is 253 g/mol. The quantitative estimate of drug-likeness (QED) is 0.248. The number of anilines is 1. The third-order valence-corrected chi connectivity index (χ3v) is 3.06. The zero-order valence-corrected chi connectivity index (χ0v) is 8.75. The predicted octanol–water partition coefficient (Wildman–Crippen LogP) is -0.198. The van der Waals surface area contributed by atoms with Crippen molar-refractivity contribution in [2.75, 3.05) is 5.73 Å². The summed E-state index contributed by atoms with van der Waals surface area (Å²) in [6.45, 7) is 0. The standard InChI is InChI=1S/C6H7NO6S2/c7-4-1-3(14(9)10)2-5(6(4)8)15(11,12)13/h1-2,8H,7H2,(H,9,10)(H,11,12,13). The summed E-state index contributed by atoms with van der Waals surface area (Å²) in [5, 5.41) is 9.19. The van der Waals surface area contributed by atoms with E-state index >= 15 is 0 Å². The van der Waals surface area contributed by atoms with Crippen molar-refractivity contribution in [2.45, 2.75) is 9.79 Å². The van der Waals surface area contributed by atoms with Crippen molar-refractivity contribution in [3.05, 3.63) is 12.1 Å². The maximum atomic E-state index is 10.7. The van der Waals surface area contributed by atoms with Gasteiger partial charge in [0.25, 0.3) is 10.1 Å². The Hall–Kier alpha value is -1.16. The first-order chi connectivity index (χ1) is 6.73. The van der Waals surface area contributed by atoms with Gasteiger partial charge in [-0.05, 0) is 12.1 Å². The van der Waals surface area contributed by atoms with E-state index in [1.807, 2.05) is 0 Å². The van der Waals surface area contributed by atoms with E-state index < -0.39 is 37.5 Å². The molecule has 0 saturated heterocycles. The molecule has 0 spiro atoms. The Bertz CT molecular complexity index is 523. The molecule has 0 fully saturated rings. The third kappa shape index (κ3) is 2.45. The molecule has 0 aliphatic rings. The van der Waals surface area contributed by atoms with Crippen LogP contribution >= 0.6 is 0 Å². The lowest BCUT2D eigenvalue weighted by atomic mass is 10.3. The van der Waals surface area contributed by atoms with Gasteiger partial charge in [-0.1, -0.05) is 0 Å². The second-order valence-corrected chi connectivity index (χ2v) is 4.94. The van der Waals surface area contributed by atoms with E-state index in [1.165, 1.54) is 0 Å². The summed E-state index contributed by atoms with van der Waals surface area (Å²) in [6, 6.07) is 1.59. The SMILES string of the molecule is Nc1cc(S(=O)O)cc(S(=O)(=O)O)c1O. The molecule has 84 valence electrons. The Labute approximate surface area is 87.6 Å². The summed E-state index contributed by atoms with van der Waals surface area (Å²) in [6.07, 6.45) is 0. The summed E-state index contributed by atoms with van der Waals surface area (Å²) >= 11 is -2.46. The van der Waals surface area contributed by atoms with Gasteiger partial charge in [0.2, 0.25) is 0 Å². The van der Waals surface area contributed by atoms with Crippen molar-refractivity contribution < 1.29 is 26.8 Å². The molecule has 1 atom stereocenters. The van der Waals surface area contributed by atoms with E-state index in [2.05, 4.69) is 0 Å². The van der Waals surface area contributed by atoms with Crippen LogP contribution in [0.3, 0.4) is 0 Å².